The van der Waals surface area contributed by atoms with Gasteiger partial charge in [0, 0.05) is 6.08 Å². The fraction of sp³-hybridized carbons (Fsp3) is 0.316. The van der Waals surface area contributed by atoms with Crippen LogP contribution in [0, 0.1) is 0 Å². The maximum absolute atomic E-state index is 10.3. The van der Waals surface area contributed by atoms with E-state index in [9.17, 15) is 4.79 Å². The molecule has 0 bridgehead atoms. The summed E-state index contributed by atoms with van der Waals surface area (Å²) in [5, 5.41) is 11.1. The van der Waals surface area contributed by atoms with E-state index in [0.717, 1.165) is 25.7 Å². The molecule has 0 spiro atoms. The van der Waals surface area contributed by atoms with Gasteiger partial charge in [-0.1, -0.05) is 61.9 Å². The number of hydrogen-bond donors (Lipinski definition) is 1. The van der Waals surface area contributed by atoms with Crippen LogP contribution in [0.3, 0.4) is 0 Å². The monoisotopic (exact) mass is 282 g/mol. The van der Waals surface area contributed by atoms with Crippen molar-refractivity contribution in [2.45, 2.75) is 38.5 Å². The second kappa shape index (κ2) is 7.63. The SMILES string of the molecule is CC(CCCC/C=C/C(=O)O)c1ccc2ccccc2c1. The van der Waals surface area contributed by atoms with Gasteiger partial charge in [-0.05, 0) is 41.5 Å². The highest BCUT2D eigenvalue weighted by Gasteiger charge is 2.05. The Bertz CT molecular complexity index is 628. The van der Waals surface area contributed by atoms with Crippen LogP contribution >= 0.6 is 0 Å². The third kappa shape index (κ3) is 4.75. The third-order valence-electron chi connectivity index (χ3n) is 3.86. The number of allylic oxidation sites excluding steroid dienone is 1. The lowest BCUT2D eigenvalue weighted by atomic mass is 9.93. The molecule has 2 heteroatoms. The zero-order valence-corrected chi connectivity index (χ0v) is 12.5. The average Bonchev–Trinajstić information content (AvgIpc) is 2.49. The topological polar surface area (TPSA) is 37.3 Å². The van der Waals surface area contributed by atoms with Crippen LogP contribution in [0.1, 0.15) is 44.1 Å². The molecule has 0 saturated carbocycles. The number of aliphatic carboxylic acids is 1. The maximum atomic E-state index is 10.3. The van der Waals surface area contributed by atoms with Gasteiger partial charge in [0.1, 0.15) is 0 Å². The molecule has 0 radical (unpaired) electrons. The Labute approximate surface area is 126 Å². The second-order valence-electron chi connectivity index (χ2n) is 5.53. The van der Waals surface area contributed by atoms with Crippen LogP contribution in [0.2, 0.25) is 0 Å². The number of carboxylic acids is 1. The predicted molar refractivity (Wildman–Crippen MR) is 87.6 cm³/mol. The van der Waals surface area contributed by atoms with Gasteiger partial charge >= 0.3 is 5.97 Å². The Morgan fingerprint density at radius 1 is 1.14 bits per heavy atom. The lowest BCUT2D eigenvalue weighted by Crippen LogP contribution is -1.94. The van der Waals surface area contributed by atoms with Crippen LogP contribution in [0.25, 0.3) is 10.8 Å². The Morgan fingerprint density at radius 2 is 1.90 bits per heavy atom. The number of rotatable bonds is 7. The minimum Gasteiger partial charge on any atom is -0.478 e. The van der Waals surface area contributed by atoms with Gasteiger partial charge in [-0.25, -0.2) is 4.79 Å². The molecule has 0 saturated heterocycles. The van der Waals surface area contributed by atoms with Crippen molar-refractivity contribution in [1.29, 1.82) is 0 Å². The molecule has 0 amide bonds. The van der Waals surface area contributed by atoms with Crippen LogP contribution < -0.4 is 0 Å². The van der Waals surface area contributed by atoms with E-state index in [1.807, 2.05) is 0 Å². The number of hydrogen-bond acceptors (Lipinski definition) is 1. The molecule has 2 aromatic rings. The van der Waals surface area contributed by atoms with E-state index in [-0.39, 0.29) is 0 Å². The van der Waals surface area contributed by atoms with Gasteiger partial charge in [0.2, 0.25) is 0 Å². The van der Waals surface area contributed by atoms with Crippen LogP contribution in [0.15, 0.2) is 54.6 Å². The maximum Gasteiger partial charge on any atom is 0.327 e. The lowest BCUT2D eigenvalue weighted by Gasteiger charge is -2.12. The van der Waals surface area contributed by atoms with Crippen LogP contribution in [0.4, 0.5) is 0 Å². The summed E-state index contributed by atoms with van der Waals surface area (Å²) >= 11 is 0. The molecule has 0 aliphatic carbocycles. The first-order valence-electron chi connectivity index (χ1n) is 7.55. The van der Waals surface area contributed by atoms with Crippen molar-refractivity contribution in [1.82, 2.24) is 0 Å². The normalized spacial score (nSPS) is 12.8. The fourth-order valence-electron chi connectivity index (χ4n) is 2.58. The minimum atomic E-state index is -0.862. The molecule has 1 unspecified atom stereocenters. The largest absolute Gasteiger partial charge is 0.478 e. The summed E-state index contributed by atoms with van der Waals surface area (Å²) in [6, 6.07) is 15.1. The van der Waals surface area contributed by atoms with Crippen molar-refractivity contribution in [3.63, 3.8) is 0 Å². The smallest absolute Gasteiger partial charge is 0.327 e. The molecule has 21 heavy (non-hydrogen) atoms. The number of unbranched alkanes of at least 4 members (excludes halogenated alkanes) is 2. The summed E-state index contributed by atoms with van der Waals surface area (Å²) in [5.41, 5.74) is 1.38. The highest BCUT2D eigenvalue weighted by molar-refractivity contribution is 5.83. The van der Waals surface area contributed by atoms with Crippen molar-refractivity contribution in [2.24, 2.45) is 0 Å². The van der Waals surface area contributed by atoms with E-state index >= 15 is 0 Å². The quantitative estimate of drug-likeness (QED) is 0.563. The molecular weight excluding hydrogens is 260 g/mol. The summed E-state index contributed by atoms with van der Waals surface area (Å²) < 4.78 is 0. The highest BCUT2D eigenvalue weighted by atomic mass is 16.4. The Balaban J connectivity index is 1.84. The van der Waals surface area contributed by atoms with Gasteiger partial charge in [0.05, 0.1) is 0 Å². The number of fused-ring (bicyclic) bond motifs is 1. The van der Waals surface area contributed by atoms with E-state index < -0.39 is 5.97 Å². The molecule has 0 aliphatic heterocycles. The number of carbonyl (C=O) groups is 1. The summed E-state index contributed by atoms with van der Waals surface area (Å²) in [6.45, 7) is 2.26. The fourth-order valence-corrected chi connectivity index (χ4v) is 2.58. The second-order valence-corrected chi connectivity index (χ2v) is 5.53. The standard InChI is InChI=1S/C19H22O2/c1-15(8-4-2-3-5-11-19(20)21)17-13-12-16-9-6-7-10-18(16)14-17/h5-7,9-15H,2-4,8H2,1H3,(H,20,21)/b11-5+. The lowest BCUT2D eigenvalue weighted by molar-refractivity contribution is -0.131. The van der Waals surface area contributed by atoms with Gasteiger partial charge in [-0.15, -0.1) is 0 Å². The van der Waals surface area contributed by atoms with Gasteiger partial charge in [0.25, 0.3) is 0 Å². The summed E-state index contributed by atoms with van der Waals surface area (Å²) in [6.07, 6.45) is 7.12. The minimum absolute atomic E-state index is 0.540. The van der Waals surface area contributed by atoms with Gasteiger partial charge in [-0.2, -0.15) is 0 Å². The molecule has 1 atom stereocenters. The van der Waals surface area contributed by atoms with Gasteiger partial charge in [-0.3, -0.25) is 0 Å². The highest BCUT2D eigenvalue weighted by Crippen LogP contribution is 2.25. The van der Waals surface area contributed by atoms with Gasteiger partial charge < -0.3 is 5.11 Å². The molecule has 0 aromatic heterocycles. The van der Waals surface area contributed by atoms with Crippen molar-refractivity contribution in [3.05, 3.63) is 60.2 Å². The van der Waals surface area contributed by atoms with Crippen molar-refractivity contribution >= 4 is 16.7 Å². The first-order valence-corrected chi connectivity index (χ1v) is 7.55. The molecule has 0 fully saturated rings. The summed E-state index contributed by atoms with van der Waals surface area (Å²) in [5.74, 6) is -0.322. The predicted octanol–water partition coefficient (Wildman–Crippen LogP) is 5.14. The zero-order valence-electron chi connectivity index (χ0n) is 12.5. The van der Waals surface area contributed by atoms with E-state index in [0.29, 0.717) is 5.92 Å². The van der Waals surface area contributed by atoms with Crippen LogP contribution in [0.5, 0.6) is 0 Å². The van der Waals surface area contributed by atoms with Gasteiger partial charge in [0.15, 0.2) is 0 Å². The summed E-state index contributed by atoms with van der Waals surface area (Å²) in [4.78, 5) is 10.3. The van der Waals surface area contributed by atoms with Crippen LogP contribution in [-0.2, 0) is 4.79 Å². The first-order chi connectivity index (χ1) is 10.2. The molecule has 1 N–H and O–H groups in total. The first kappa shape index (κ1) is 15.3. The summed E-state index contributed by atoms with van der Waals surface area (Å²) in [7, 11) is 0. The van der Waals surface area contributed by atoms with Crippen LogP contribution in [-0.4, -0.2) is 11.1 Å². The zero-order chi connectivity index (χ0) is 15.1. The van der Waals surface area contributed by atoms with Crippen molar-refractivity contribution in [2.75, 3.05) is 0 Å². The Hall–Kier alpha value is -2.09. The van der Waals surface area contributed by atoms with E-state index in [2.05, 4.69) is 49.4 Å². The molecule has 2 aromatic carbocycles. The molecule has 0 heterocycles. The van der Waals surface area contributed by atoms with E-state index in [4.69, 9.17) is 5.11 Å². The molecule has 2 nitrogen and oxygen atoms in total. The Kier molecular flexibility index (Phi) is 5.56. The average molecular weight is 282 g/mol. The van der Waals surface area contributed by atoms with Crippen molar-refractivity contribution < 1.29 is 9.90 Å². The van der Waals surface area contributed by atoms with E-state index in [1.165, 1.54) is 22.4 Å². The molecular formula is C19H22O2. The molecule has 0 aliphatic rings. The number of carboxylic acid groups (broad SMARTS) is 1. The van der Waals surface area contributed by atoms with Crippen molar-refractivity contribution in [3.8, 4) is 0 Å². The molecule has 110 valence electrons. The Morgan fingerprint density at radius 3 is 2.67 bits per heavy atom. The van der Waals surface area contributed by atoms with E-state index in [1.54, 1.807) is 6.08 Å². The third-order valence-corrected chi connectivity index (χ3v) is 3.86. The number of benzene rings is 2. The molecule has 2 rings (SSSR count).